The number of hydrogen-bond acceptors (Lipinski definition) is 5. The van der Waals surface area contributed by atoms with Crippen molar-refractivity contribution in [1.82, 2.24) is 15.5 Å². The molecule has 166 valence electrons. The van der Waals surface area contributed by atoms with Gasteiger partial charge in [-0.1, -0.05) is 47.5 Å². The second-order valence-electron chi connectivity index (χ2n) is 6.49. The summed E-state index contributed by atoms with van der Waals surface area (Å²) in [5, 5.41) is 4.91. The summed E-state index contributed by atoms with van der Waals surface area (Å²) >= 11 is 12.8. The van der Waals surface area contributed by atoms with E-state index >= 15 is 0 Å². The number of thioether (sulfide) groups is 1. The molecule has 2 aromatic carbocycles. The van der Waals surface area contributed by atoms with Crippen molar-refractivity contribution in [3.8, 4) is 0 Å². The summed E-state index contributed by atoms with van der Waals surface area (Å²) < 4.78 is 13.6. The van der Waals surface area contributed by atoms with E-state index in [1.165, 1.54) is 24.3 Å². The molecule has 0 aromatic heterocycles. The summed E-state index contributed by atoms with van der Waals surface area (Å²) in [7, 11) is 0. The van der Waals surface area contributed by atoms with Crippen LogP contribution in [0.1, 0.15) is 15.9 Å². The molecule has 1 aliphatic rings. The third kappa shape index (κ3) is 5.67. The number of benzene rings is 2. The van der Waals surface area contributed by atoms with E-state index in [4.69, 9.17) is 23.2 Å². The van der Waals surface area contributed by atoms with Gasteiger partial charge in [0.05, 0.1) is 27.1 Å². The monoisotopic (exact) mass is 495 g/mol. The molecule has 0 radical (unpaired) electrons. The second-order valence-corrected chi connectivity index (χ2v) is 8.27. The van der Waals surface area contributed by atoms with E-state index in [1.54, 1.807) is 18.2 Å². The van der Waals surface area contributed by atoms with Gasteiger partial charge in [-0.2, -0.15) is 0 Å². The maximum absolute atomic E-state index is 13.6. The van der Waals surface area contributed by atoms with E-state index < -0.39 is 28.8 Å². The van der Waals surface area contributed by atoms with Gasteiger partial charge in [-0.15, -0.1) is 0 Å². The molecule has 1 aliphatic heterocycles. The number of nitrogens with one attached hydrogen (secondary N) is 2. The summed E-state index contributed by atoms with van der Waals surface area (Å²) in [6, 6.07) is 10.3. The van der Waals surface area contributed by atoms with E-state index in [1.807, 2.05) is 0 Å². The van der Waals surface area contributed by atoms with Crippen LogP contribution in [0, 0.1) is 5.82 Å². The Hall–Kier alpha value is -2.88. The van der Waals surface area contributed by atoms with Crippen LogP contribution in [-0.2, 0) is 9.59 Å². The highest BCUT2D eigenvalue weighted by molar-refractivity contribution is 8.18. The molecule has 2 aromatic rings. The number of amides is 4. The van der Waals surface area contributed by atoms with Crippen molar-refractivity contribution in [2.45, 2.75) is 0 Å². The zero-order chi connectivity index (χ0) is 23.3. The van der Waals surface area contributed by atoms with Crippen LogP contribution in [0.5, 0.6) is 0 Å². The van der Waals surface area contributed by atoms with E-state index in [-0.39, 0.29) is 35.1 Å². The molecule has 1 heterocycles. The fourth-order valence-electron chi connectivity index (χ4n) is 2.74. The van der Waals surface area contributed by atoms with E-state index in [0.29, 0.717) is 10.6 Å². The molecule has 32 heavy (non-hydrogen) atoms. The Balaban J connectivity index is 1.50. The first kappa shape index (κ1) is 23.8. The number of nitrogens with zero attached hydrogens (tertiary/aromatic N) is 1. The van der Waals surface area contributed by atoms with Crippen molar-refractivity contribution < 1.29 is 23.6 Å². The van der Waals surface area contributed by atoms with E-state index in [0.717, 1.165) is 22.7 Å². The minimum Gasteiger partial charge on any atom is -0.353 e. The molecule has 0 bridgehead atoms. The third-order valence-electron chi connectivity index (χ3n) is 4.33. The molecule has 1 saturated heterocycles. The molecule has 11 heteroatoms. The molecule has 7 nitrogen and oxygen atoms in total. The lowest BCUT2D eigenvalue weighted by Crippen LogP contribution is -2.41. The Morgan fingerprint density at radius 2 is 1.81 bits per heavy atom. The van der Waals surface area contributed by atoms with Gasteiger partial charge in [-0.25, -0.2) is 4.39 Å². The van der Waals surface area contributed by atoms with Crippen molar-refractivity contribution in [1.29, 1.82) is 0 Å². The molecular formula is C21H16Cl2FN3O4S. The molecule has 0 saturated carbocycles. The topological polar surface area (TPSA) is 95.6 Å². The van der Waals surface area contributed by atoms with Crippen LogP contribution >= 0.6 is 35.0 Å². The normalized spacial score (nSPS) is 14.7. The van der Waals surface area contributed by atoms with Crippen molar-refractivity contribution in [2.24, 2.45) is 0 Å². The lowest BCUT2D eigenvalue weighted by Gasteiger charge is -2.13. The SMILES string of the molecule is O=C(CNC(=O)c1ccccc1F)NCCN1C(=O)S/C(=C\c2cccc(Cl)c2Cl)C1=O. The first-order valence-electron chi connectivity index (χ1n) is 9.26. The number of imide groups is 1. The van der Waals surface area contributed by atoms with Gasteiger partial charge in [0.1, 0.15) is 5.82 Å². The van der Waals surface area contributed by atoms with Crippen molar-refractivity contribution in [2.75, 3.05) is 19.6 Å². The van der Waals surface area contributed by atoms with Crippen LogP contribution in [-0.4, -0.2) is 47.5 Å². The lowest BCUT2D eigenvalue weighted by molar-refractivity contribution is -0.124. The number of rotatable bonds is 7. The molecule has 4 amide bonds. The minimum atomic E-state index is -0.728. The third-order valence-corrected chi connectivity index (χ3v) is 6.07. The first-order valence-corrected chi connectivity index (χ1v) is 10.8. The number of hydrogen-bond donors (Lipinski definition) is 2. The largest absolute Gasteiger partial charge is 0.353 e. The Morgan fingerprint density at radius 1 is 1.06 bits per heavy atom. The fourth-order valence-corrected chi connectivity index (χ4v) is 3.96. The smallest absolute Gasteiger partial charge is 0.293 e. The van der Waals surface area contributed by atoms with Crippen molar-refractivity contribution in [3.63, 3.8) is 0 Å². The van der Waals surface area contributed by atoms with Gasteiger partial charge in [-0.05, 0) is 41.6 Å². The van der Waals surface area contributed by atoms with Gasteiger partial charge in [0.15, 0.2) is 0 Å². The van der Waals surface area contributed by atoms with Crippen LogP contribution in [0.15, 0.2) is 47.4 Å². The highest BCUT2D eigenvalue weighted by Crippen LogP contribution is 2.34. The maximum atomic E-state index is 13.6. The number of carbonyl (C=O) groups excluding carboxylic acids is 4. The molecular weight excluding hydrogens is 480 g/mol. The van der Waals surface area contributed by atoms with Gasteiger partial charge >= 0.3 is 0 Å². The van der Waals surface area contributed by atoms with Crippen LogP contribution in [0.25, 0.3) is 6.08 Å². The summed E-state index contributed by atoms with van der Waals surface area (Å²) in [6.45, 7) is -0.460. The molecule has 0 aliphatic carbocycles. The Morgan fingerprint density at radius 3 is 2.56 bits per heavy atom. The minimum absolute atomic E-state index is 0.0162. The van der Waals surface area contributed by atoms with Crippen molar-refractivity contribution in [3.05, 3.63) is 74.4 Å². The fraction of sp³-hybridized carbons (Fsp3) is 0.143. The van der Waals surface area contributed by atoms with Crippen molar-refractivity contribution >= 4 is 64.0 Å². The van der Waals surface area contributed by atoms with Gasteiger partial charge in [-0.3, -0.25) is 24.1 Å². The zero-order valence-electron chi connectivity index (χ0n) is 16.4. The van der Waals surface area contributed by atoms with Crippen LogP contribution in [0.2, 0.25) is 10.0 Å². The molecule has 3 rings (SSSR count). The Kier molecular flexibility index (Phi) is 7.89. The lowest BCUT2D eigenvalue weighted by atomic mass is 10.2. The first-order chi connectivity index (χ1) is 15.3. The average Bonchev–Trinajstić information content (AvgIpc) is 3.03. The van der Waals surface area contributed by atoms with Gasteiger partial charge in [0, 0.05) is 13.1 Å². The molecule has 2 N–H and O–H groups in total. The molecule has 1 fully saturated rings. The van der Waals surface area contributed by atoms with Crippen LogP contribution in [0.3, 0.4) is 0 Å². The highest BCUT2D eigenvalue weighted by Gasteiger charge is 2.34. The summed E-state index contributed by atoms with van der Waals surface area (Å²) in [5.74, 6) is -2.49. The average molecular weight is 496 g/mol. The van der Waals surface area contributed by atoms with Crippen LogP contribution < -0.4 is 10.6 Å². The number of carbonyl (C=O) groups is 4. The second kappa shape index (κ2) is 10.6. The van der Waals surface area contributed by atoms with Gasteiger partial charge in [0.25, 0.3) is 17.1 Å². The zero-order valence-corrected chi connectivity index (χ0v) is 18.7. The Labute approximate surface area is 196 Å². The summed E-state index contributed by atoms with van der Waals surface area (Å²) in [4.78, 5) is 49.7. The highest BCUT2D eigenvalue weighted by atomic mass is 35.5. The number of halogens is 3. The predicted molar refractivity (Wildman–Crippen MR) is 121 cm³/mol. The maximum Gasteiger partial charge on any atom is 0.293 e. The molecule has 0 unspecified atom stereocenters. The summed E-state index contributed by atoms with van der Waals surface area (Å²) in [5.41, 5.74) is 0.327. The van der Waals surface area contributed by atoms with Gasteiger partial charge in [0.2, 0.25) is 5.91 Å². The van der Waals surface area contributed by atoms with Gasteiger partial charge < -0.3 is 10.6 Å². The Bertz CT molecular complexity index is 1130. The summed E-state index contributed by atoms with van der Waals surface area (Å²) in [6.07, 6.45) is 1.48. The molecule has 0 spiro atoms. The quantitative estimate of drug-likeness (QED) is 0.570. The van der Waals surface area contributed by atoms with E-state index in [2.05, 4.69) is 10.6 Å². The van der Waals surface area contributed by atoms with Crippen LogP contribution in [0.4, 0.5) is 9.18 Å². The standard InChI is InChI=1S/C21H16Cl2FN3O4S/c22-14-6-3-4-12(18(14)23)10-16-20(30)27(21(31)32-16)9-8-25-17(28)11-26-19(29)13-5-1-2-7-15(13)24/h1-7,10H,8-9,11H2,(H,25,28)(H,26,29)/b16-10-. The predicted octanol–water partition coefficient (Wildman–Crippen LogP) is 3.72. The molecule has 0 atom stereocenters. The van der Waals surface area contributed by atoms with E-state index in [9.17, 15) is 23.6 Å².